The molecule has 1 aromatic rings. The molecule has 0 spiro atoms. The molecule has 2 amide bonds. The number of carbonyl (C=O) groups is 2. The molecule has 6 nitrogen and oxygen atoms in total. The third-order valence-electron chi connectivity index (χ3n) is 6.20. The SMILES string of the molecule is O=C(COc1ccc(Cl)c(Cl)c1)NC1CCC(C(=O)NCC2CCC(C(F)(F)F)NC2)CC1. The molecule has 2 atom stereocenters. The number of piperidine rings is 1. The van der Waals surface area contributed by atoms with Gasteiger partial charge in [0.1, 0.15) is 11.8 Å². The molecular formula is C22H28Cl2F3N3O3. The average molecular weight is 510 g/mol. The normalized spacial score (nSPS) is 25.8. The van der Waals surface area contributed by atoms with Crippen LogP contribution < -0.4 is 20.7 Å². The monoisotopic (exact) mass is 509 g/mol. The van der Waals surface area contributed by atoms with Crippen molar-refractivity contribution in [1.82, 2.24) is 16.0 Å². The fraction of sp³-hybridized carbons (Fsp3) is 0.636. The Morgan fingerprint density at radius 1 is 1.06 bits per heavy atom. The number of benzene rings is 1. The topological polar surface area (TPSA) is 79.5 Å². The van der Waals surface area contributed by atoms with Gasteiger partial charge in [0, 0.05) is 31.1 Å². The van der Waals surface area contributed by atoms with Crippen molar-refractivity contribution in [2.75, 3.05) is 19.7 Å². The molecule has 2 aliphatic rings. The molecule has 3 N–H and O–H groups in total. The number of amides is 2. The predicted octanol–water partition coefficient (Wildman–Crippen LogP) is 4.09. The van der Waals surface area contributed by atoms with Gasteiger partial charge in [-0.05, 0) is 56.6 Å². The number of halogens is 5. The lowest BCUT2D eigenvalue weighted by atomic mass is 9.85. The summed E-state index contributed by atoms with van der Waals surface area (Å²) in [5, 5.41) is 9.08. The maximum atomic E-state index is 12.7. The molecule has 11 heteroatoms. The molecule has 1 aliphatic carbocycles. The highest BCUT2D eigenvalue weighted by molar-refractivity contribution is 6.42. The van der Waals surface area contributed by atoms with Gasteiger partial charge in [0.15, 0.2) is 6.61 Å². The van der Waals surface area contributed by atoms with Gasteiger partial charge in [0.2, 0.25) is 5.91 Å². The van der Waals surface area contributed by atoms with Crippen molar-refractivity contribution in [2.24, 2.45) is 11.8 Å². The highest BCUT2D eigenvalue weighted by Crippen LogP contribution is 2.29. The molecule has 33 heavy (non-hydrogen) atoms. The first-order valence-electron chi connectivity index (χ1n) is 11.1. The van der Waals surface area contributed by atoms with Crippen LogP contribution in [-0.4, -0.2) is 49.8 Å². The molecule has 184 valence electrons. The lowest BCUT2D eigenvalue weighted by Gasteiger charge is -2.32. The number of rotatable bonds is 7. The van der Waals surface area contributed by atoms with E-state index in [1.807, 2.05) is 0 Å². The summed E-state index contributed by atoms with van der Waals surface area (Å²) >= 11 is 11.8. The van der Waals surface area contributed by atoms with E-state index in [-0.39, 0.29) is 49.3 Å². The Morgan fingerprint density at radius 2 is 1.79 bits per heavy atom. The summed E-state index contributed by atoms with van der Waals surface area (Å²) in [6.45, 7) is 0.468. The van der Waals surface area contributed by atoms with E-state index in [4.69, 9.17) is 27.9 Å². The third-order valence-corrected chi connectivity index (χ3v) is 6.94. The van der Waals surface area contributed by atoms with E-state index in [0.29, 0.717) is 54.4 Å². The fourth-order valence-electron chi connectivity index (χ4n) is 4.24. The van der Waals surface area contributed by atoms with Gasteiger partial charge >= 0.3 is 6.18 Å². The van der Waals surface area contributed by atoms with Gasteiger partial charge in [0.05, 0.1) is 10.0 Å². The van der Waals surface area contributed by atoms with E-state index in [9.17, 15) is 22.8 Å². The van der Waals surface area contributed by atoms with Crippen LogP contribution in [0.2, 0.25) is 10.0 Å². The summed E-state index contributed by atoms with van der Waals surface area (Å²) in [6, 6.07) is 3.28. The molecule has 0 aromatic heterocycles. The second-order valence-corrected chi connectivity index (χ2v) is 9.49. The second-order valence-electron chi connectivity index (χ2n) is 8.67. The number of hydrogen-bond donors (Lipinski definition) is 3. The quantitative estimate of drug-likeness (QED) is 0.517. The van der Waals surface area contributed by atoms with E-state index in [2.05, 4.69) is 16.0 Å². The Hall–Kier alpha value is -1.71. The smallest absolute Gasteiger partial charge is 0.403 e. The van der Waals surface area contributed by atoms with Gasteiger partial charge in [-0.1, -0.05) is 23.2 Å². The Kier molecular flexibility index (Phi) is 9.12. The second kappa shape index (κ2) is 11.6. The summed E-state index contributed by atoms with van der Waals surface area (Å²) in [5.41, 5.74) is 0. The molecule has 1 saturated heterocycles. The van der Waals surface area contributed by atoms with Crippen molar-refractivity contribution in [3.05, 3.63) is 28.2 Å². The number of ether oxygens (including phenoxy) is 1. The van der Waals surface area contributed by atoms with Crippen LogP contribution in [0.15, 0.2) is 18.2 Å². The maximum absolute atomic E-state index is 12.7. The molecule has 0 bridgehead atoms. The van der Waals surface area contributed by atoms with Crippen molar-refractivity contribution in [3.63, 3.8) is 0 Å². The van der Waals surface area contributed by atoms with Crippen LogP contribution >= 0.6 is 23.2 Å². The minimum Gasteiger partial charge on any atom is -0.484 e. The largest absolute Gasteiger partial charge is 0.484 e. The van der Waals surface area contributed by atoms with Gasteiger partial charge in [-0.2, -0.15) is 13.2 Å². The van der Waals surface area contributed by atoms with Crippen LogP contribution in [0.25, 0.3) is 0 Å². The van der Waals surface area contributed by atoms with Crippen LogP contribution in [-0.2, 0) is 9.59 Å². The number of carbonyl (C=O) groups excluding carboxylic acids is 2. The fourth-order valence-corrected chi connectivity index (χ4v) is 4.53. The molecule has 3 rings (SSSR count). The lowest BCUT2D eigenvalue weighted by Crippen LogP contribution is -2.50. The Morgan fingerprint density at radius 3 is 2.39 bits per heavy atom. The zero-order valence-corrected chi connectivity index (χ0v) is 19.5. The van der Waals surface area contributed by atoms with Crippen LogP contribution in [0.1, 0.15) is 38.5 Å². The van der Waals surface area contributed by atoms with Gasteiger partial charge in [-0.15, -0.1) is 0 Å². The summed E-state index contributed by atoms with van der Waals surface area (Å²) in [5.74, 6) is -0.0255. The summed E-state index contributed by atoms with van der Waals surface area (Å²) in [6.07, 6.45) is -1.13. The van der Waals surface area contributed by atoms with E-state index in [1.54, 1.807) is 18.2 Å². The first-order valence-corrected chi connectivity index (χ1v) is 11.8. The minimum atomic E-state index is -4.22. The first kappa shape index (κ1) is 25.9. The molecular weight excluding hydrogens is 482 g/mol. The van der Waals surface area contributed by atoms with Gasteiger partial charge in [0.25, 0.3) is 5.91 Å². The Labute approximate surface area is 200 Å². The van der Waals surface area contributed by atoms with E-state index < -0.39 is 12.2 Å². The lowest BCUT2D eigenvalue weighted by molar-refractivity contribution is -0.162. The zero-order chi connectivity index (χ0) is 24.0. The molecule has 0 radical (unpaired) electrons. The van der Waals surface area contributed by atoms with Crippen LogP contribution in [0.5, 0.6) is 5.75 Å². The van der Waals surface area contributed by atoms with Gasteiger partial charge in [-0.25, -0.2) is 0 Å². The predicted molar refractivity (Wildman–Crippen MR) is 119 cm³/mol. The van der Waals surface area contributed by atoms with Gasteiger partial charge < -0.3 is 20.7 Å². The van der Waals surface area contributed by atoms with Crippen LogP contribution in [0.4, 0.5) is 13.2 Å². The van der Waals surface area contributed by atoms with E-state index in [1.165, 1.54) is 0 Å². The molecule has 1 saturated carbocycles. The van der Waals surface area contributed by atoms with Crippen molar-refractivity contribution in [2.45, 2.75) is 56.8 Å². The first-order chi connectivity index (χ1) is 15.6. The van der Waals surface area contributed by atoms with E-state index >= 15 is 0 Å². The number of alkyl halides is 3. The van der Waals surface area contributed by atoms with Crippen LogP contribution in [0, 0.1) is 11.8 Å². The Balaban J connectivity index is 1.31. The average Bonchev–Trinajstić information content (AvgIpc) is 2.78. The molecule has 1 aromatic carbocycles. The van der Waals surface area contributed by atoms with Crippen LogP contribution in [0.3, 0.4) is 0 Å². The van der Waals surface area contributed by atoms with Crippen molar-refractivity contribution >= 4 is 35.0 Å². The Bertz CT molecular complexity index is 825. The number of nitrogens with one attached hydrogen (secondary N) is 3. The highest BCUT2D eigenvalue weighted by atomic mass is 35.5. The van der Waals surface area contributed by atoms with Crippen molar-refractivity contribution in [3.8, 4) is 5.75 Å². The summed E-state index contributed by atoms with van der Waals surface area (Å²) < 4.78 is 43.6. The molecule has 2 unspecified atom stereocenters. The van der Waals surface area contributed by atoms with Crippen molar-refractivity contribution in [1.29, 1.82) is 0 Å². The number of hydrogen-bond acceptors (Lipinski definition) is 4. The maximum Gasteiger partial charge on any atom is 0.403 e. The molecule has 1 heterocycles. The molecule has 2 fully saturated rings. The molecule has 1 aliphatic heterocycles. The van der Waals surface area contributed by atoms with Crippen molar-refractivity contribution < 1.29 is 27.5 Å². The highest BCUT2D eigenvalue weighted by Gasteiger charge is 2.41. The zero-order valence-electron chi connectivity index (χ0n) is 18.0. The minimum absolute atomic E-state index is 0.00120. The summed E-state index contributed by atoms with van der Waals surface area (Å²) in [4.78, 5) is 24.6. The standard InChI is InChI=1S/C22H28Cl2F3N3O3/c23-17-7-6-16(9-18(17)24)33-12-20(31)30-15-4-2-14(3-5-15)21(32)29-11-13-1-8-19(28-10-13)22(25,26)27/h6-7,9,13-15,19,28H,1-5,8,10-12H2,(H,29,32)(H,30,31). The summed E-state index contributed by atoms with van der Waals surface area (Å²) in [7, 11) is 0. The third kappa shape index (κ3) is 7.93. The van der Waals surface area contributed by atoms with Gasteiger partial charge in [-0.3, -0.25) is 9.59 Å². The van der Waals surface area contributed by atoms with E-state index in [0.717, 1.165) is 0 Å².